The Hall–Kier alpha value is -0.590. The monoisotopic (exact) mass is 350 g/mol. The van der Waals surface area contributed by atoms with E-state index in [4.69, 9.17) is 5.73 Å². The van der Waals surface area contributed by atoms with Crippen LogP contribution in [-0.2, 0) is 0 Å². The molecule has 20 heavy (non-hydrogen) atoms. The number of rotatable bonds is 5. The first-order valence-corrected chi connectivity index (χ1v) is 7.41. The van der Waals surface area contributed by atoms with Crippen molar-refractivity contribution in [3.05, 3.63) is 34.3 Å². The zero-order chi connectivity index (χ0) is 14.9. The van der Waals surface area contributed by atoms with Gasteiger partial charge in [-0.25, -0.2) is 0 Å². The van der Waals surface area contributed by atoms with Crippen molar-refractivity contribution in [2.75, 3.05) is 6.54 Å². The Morgan fingerprint density at radius 2 is 1.85 bits per heavy atom. The zero-order valence-electron chi connectivity index (χ0n) is 11.2. The van der Waals surface area contributed by atoms with Crippen molar-refractivity contribution in [2.24, 2.45) is 5.73 Å². The predicted octanol–water partition coefficient (Wildman–Crippen LogP) is 3.86. The standard InChI is InChI=1S/C14H18BrF3N2/c1-9(19)13(10-2-4-11(15)5-3-10)20(12-6-7-12)8-14(16,17)18/h2-5,9,12-13H,6-8,19H2,1H3. The van der Waals surface area contributed by atoms with Gasteiger partial charge in [0.1, 0.15) is 0 Å². The molecule has 112 valence electrons. The van der Waals surface area contributed by atoms with Crippen LogP contribution in [0.3, 0.4) is 0 Å². The molecule has 0 radical (unpaired) electrons. The number of benzene rings is 1. The predicted molar refractivity (Wildman–Crippen MR) is 76.3 cm³/mol. The van der Waals surface area contributed by atoms with E-state index in [1.807, 2.05) is 24.3 Å². The third-order valence-corrected chi connectivity index (χ3v) is 3.97. The number of nitrogens with zero attached hydrogens (tertiary/aromatic N) is 1. The van der Waals surface area contributed by atoms with Gasteiger partial charge in [-0.2, -0.15) is 13.2 Å². The van der Waals surface area contributed by atoms with Crippen molar-refractivity contribution < 1.29 is 13.2 Å². The molecule has 0 aromatic heterocycles. The smallest absolute Gasteiger partial charge is 0.326 e. The van der Waals surface area contributed by atoms with Crippen molar-refractivity contribution in [3.63, 3.8) is 0 Å². The first-order chi connectivity index (χ1) is 9.28. The highest BCUT2D eigenvalue weighted by Gasteiger charge is 2.42. The summed E-state index contributed by atoms with van der Waals surface area (Å²) in [5.41, 5.74) is 6.80. The van der Waals surface area contributed by atoms with Crippen molar-refractivity contribution in [3.8, 4) is 0 Å². The lowest BCUT2D eigenvalue weighted by Gasteiger charge is -2.35. The van der Waals surface area contributed by atoms with Gasteiger partial charge in [-0.05, 0) is 37.5 Å². The van der Waals surface area contributed by atoms with Crippen LogP contribution in [0.2, 0.25) is 0 Å². The van der Waals surface area contributed by atoms with E-state index in [1.165, 1.54) is 4.90 Å². The van der Waals surface area contributed by atoms with Crippen molar-refractivity contribution in [1.82, 2.24) is 4.90 Å². The van der Waals surface area contributed by atoms with E-state index < -0.39 is 18.8 Å². The first-order valence-electron chi connectivity index (χ1n) is 6.61. The van der Waals surface area contributed by atoms with Crippen molar-refractivity contribution >= 4 is 15.9 Å². The van der Waals surface area contributed by atoms with Gasteiger partial charge in [0, 0.05) is 16.6 Å². The second-order valence-corrected chi connectivity index (χ2v) is 6.29. The van der Waals surface area contributed by atoms with Crippen LogP contribution < -0.4 is 5.73 Å². The van der Waals surface area contributed by atoms with E-state index in [0.717, 1.165) is 22.9 Å². The maximum absolute atomic E-state index is 12.8. The largest absolute Gasteiger partial charge is 0.401 e. The van der Waals surface area contributed by atoms with Gasteiger partial charge in [0.05, 0.1) is 12.6 Å². The lowest BCUT2D eigenvalue weighted by atomic mass is 9.99. The summed E-state index contributed by atoms with van der Waals surface area (Å²) in [6, 6.07) is 6.58. The fraction of sp³-hybridized carbons (Fsp3) is 0.571. The molecular formula is C14H18BrF3N2. The molecule has 0 aliphatic heterocycles. The molecule has 2 rings (SSSR count). The summed E-state index contributed by atoms with van der Waals surface area (Å²) in [6.07, 6.45) is -2.57. The van der Waals surface area contributed by atoms with Gasteiger partial charge in [-0.15, -0.1) is 0 Å². The summed E-state index contributed by atoms with van der Waals surface area (Å²) in [4.78, 5) is 1.51. The van der Waals surface area contributed by atoms with E-state index in [0.29, 0.717) is 0 Å². The van der Waals surface area contributed by atoms with Gasteiger partial charge in [0.15, 0.2) is 0 Å². The molecule has 6 heteroatoms. The van der Waals surface area contributed by atoms with Crippen LogP contribution in [0.5, 0.6) is 0 Å². The van der Waals surface area contributed by atoms with Crippen LogP contribution >= 0.6 is 15.9 Å². The summed E-state index contributed by atoms with van der Waals surface area (Å²) in [7, 11) is 0. The highest BCUT2D eigenvalue weighted by Crippen LogP contribution is 2.38. The average molecular weight is 351 g/mol. The molecule has 0 bridgehead atoms. The quantitative estimate of drug-likeness (QED) is 0.873. The highest BCUT2D eigenvalue weighted by molar-refractivity contribution is 9.10. The third-order valence-electron chi connectivity index (χ3n) is 3.44. The molecule has 0 saturated heterocycles. The topological polar surface area (TPSA) is 29.3 Å². The van der Waals surface area contributed by atoms with Crippen LogP contribution in [0.4, 0.5) is 13.2 Å². The maximum Gasteiger partial charge on any atom is 0.401 e. The minimum absolute atomic E-state index is 0.00345. The van der Waals surface area contributed by atoms with E-state index >= 15 is 0 Å². The fourth-order valence-corrected chi connectivity index (χ4v) is 2.79. The molecule has 1 fully saturated rings. The minimum Gasteiger partial charge on any atom is -0.326 e. The zero-order valence-corrected chi connectivity index (χ0v) is 12.8. The summed E-state index contributed by atoms with van der Waals surface area (Å²) < 4.78 is 39.3. The normalized spacial score (nSPS) is 19.1. The fourth-order valence-electron chi connectivity index (χ4n) is 2.52. The minimum atomic E-state index is -4.20. The number of halogens is 4. The molecule has 2 N–H and O–H groups in total. The molecule has 2 atom stereocenters. The summed E-state index contributed by atoms with van der Waals surface area (Å²) in [5, 5.41) is 0. The van der Waals surface area contributed by atoms with Gasteiger partial charge in [0.25, 0.3) is 0 Å². The van der Waals surface area contributed by atoms with Crippen LogP contribution in [0.25, 0.3) is 0 Å². The van der Waals surface area contributed by atoms with Gasteiger partial charge < -0.3 is 5.73 Å². The average Bonchev–Trinajstić information content (AvgIpc) is 3.12. The van der Waals surface area contributed by atoms with Crippen LogP contribution in [0, 0.1) is 0 Å². The summed E-state index contributed by atoms with van der Waals surface area (Å²) in [6.45, 7) is 0.860. The second-order valence-electron chi connectivity index (χ2n) is 5.37. The summed E-state index contributed by atoms with van der Waals surface area (Å²) in [5.74, 6) is 0. The Morgan fingerprint density at radius 1 is 1.30 bits per heavy atom. The Labute approximate surface area is 125 Å². The van der Waals surface area contributed by atoms with Crippen molar-refractivity contribution in [1.29, 1.82) is 0 Å². The van der Waals surface area contributed by atoms with Gasteiger partial charge in [-0.3, -0.25) is 4.90 Å². The molecular weight excluding hydrogens is 333 g/mol. The SMILES string of the molecule is CC(N)C(c1ccc(Br)cc1)N(CC(F)(F)F)C1CC1. The number of nitrogens with two attached hydrogens (primary N) is 1. The van der Waals surface area contributed by atoms with Gasteiger partial charge in [-0.1, -0.05) is 28.1 Å². The van der Waals surface area contributed by atoms with Crippen LogP contribution in [0.1, 0.15) is 31.4 Å². The van der Waals surface area contributed by atoms with Gasteiger partial charge >= 0.3 is 6.18 Å². The molecule has 0 spiro atoms. The molecule has 2 nitrogen and oxygen atoms in total. The molecule has 1 aliphatic carbocycles. The van der Waals surface area contributed by atoms with Crippen molar-refractivity contribution in [2.45, 2.75) is 44.1 Å². The second kappa shape index (κ2) is 6.03. The lowest BCUT2D eigenvalue weighted by Crippen LogP contribution is -2.45. The molecule has 1 aliphatic rings. The molecule has 0 heterocycles. The molecule has 0 amide bonds. The number of alkyl halides is 3. The molecule has 2 unspecified atom stereocenters. The third kappa shape index (κ3) is 4.20. The van der Waals surface area contributed by atoms with Crippen LogP contribution in [-0.4, -0.2) is 29.7 Å². The van der Waals surface area contributed by atoms with E-state index in [-0.39, 0.29) is 12.1 Å². The number of hydrogen-bond acceptors (Lipinski definition) is 2. The molecule has 1 aromatic rings. The lowest BCUT2D eigenvalue weighted by molar-refractivity contribution is -0.153. The highest BCUT2D eigenvalue weighted by atomic mass is 79.9. The first kappa shape index (κ1) is 15.8. The molecule has 1 aromatic carbocycles. The maximum atomic E-state index is 12.8. The van der Waals surface area contributed by atoms with Crippen LogP contribution in [0.15, 0.2) is 28.7 Å². The van der Waals surface area contributed by atoms with Gasteiger partial charge in [0.2, 0.25) is 0 Å². The van der Waals surface area contributed by atoms with E-state index in [1.54, 1.807) is 6.92 Å². The Balaban J connectivity index is 2.27. The molecule has 1 saturated carbocycles. The van der Waals surface area contributed by atoms with E-state index in [2.05, 4.69) is 15.9 Å². The van der Waals surface area contributed by atoms with E-state index in [9.17, 15) is 13.2 Å². The number of hydrogen-bond donors (Lipinski definition) is 1. The Morgan fingerprint density at radius 3 is 2.25 bits per heavy atom. The Bertz CT molecular complexity index is 441. The summed E-state index contributed by atoms with van der Waals surface area (Å²) >= 11 is 3.33. The Kier molecular flexibility index (Phi) is 4.76.